The molecule has 0 saturated heterocycles. The number of nitrogens with zero attached hydrogens (tertiary/aromatic N) is 4. The van der Waals surface area contributed by atoms with E-state index < -0.39 is 11.2 Å². The molecule has 0 unspecified atom stereocenters. The summed E-state index contributed by atoms with van der Waals surface area (Å²) in [5.41, 5.74) is -0.611. The summed E-state index contributed by atoms with van der Waals surface area (Å²) in [5, 5.41) is 0. The van der Waals surface area contributed by atoms with Crippen molar-refractivity contribution in [3.63, 3.8) is 0 Å². The molecule has 0 aromatic carbocycles. The third-order valence-corrected chi connectivity index (χ3v) is 2.72. The summed E-state index contributed by atoms with van der Waals surface area (Å²) in [4.78, 5) is 39.2. The molecule has 0 aliphatic carbocycles. The van der Waals surface area contributed by atoms with Crippen LogP contribution in [0.5, 0.6) is 0 Å². The van der Waals surface area contributed by atoms with Crippen molar-refractivity contribution in [3.8, 4) is 0 Å². The molecule has 0 aliphatic rings. The Morgan fingerprint density at radius 2 is 1.94 bits per heavy atom. The summed E-state index contributed by atoms with van der Waals surface area (Å²) in [6.45, 7) is 1.70. The predicted molar refractivity (Wildman–Crippen MR) is 61.1 cm³/mol. The van der Waals surface area contributed by atoms with Gasteiger partial charge in [-0.25, -0.2) is 9.78 Å². The zero-order valence-electron chi connectivity index (χ0n) is 9.80. The second-order valence-electron chi connectivity index (χ2n) is 3.74. The number of hydrogen-bond acceptors (Lipinski definition) is 4. The fraction of sp³-hybridized carbons (Fsp3) is 0.400. The zero-order valence-corrected chi connectivity index (χ0v) is 9.80. The molecular weight excluding hydrogens is 224 g/mol. The van der Waals surface area contributed by atoms with Crippen LogP contribution in [-0.2, 0) is 14.1 Å². The molecule has 2 aromatic rings. The van der Waals surface area contributed by atoms with Gasteiger partial charge in [0, 0.05) is 20.5 Å². The molecule has 0 atom stereocenters. The molecule has 0 aliphatic heterocycles. The van der Waals surface area contributed by atoms with E-state index in [0.717, 1.165) is 4.57 Å². The molecule has 7 heteroatoms. The number of fused-ring (bicyclic) bond motifs is 1. The zero-order chi connectivity index (χ0) is 12.7. The van der Waals surface area contributed by atoms with E-state index in [-0.39, 0.29) is 23.5 Å². The van der Waals surface area contributed by atoms with Gasteiger partial charge in [-0.2, -0.15) is 0 Å². The number of hydrogen-bond donors (Lipinski definition) is 0. The van der Waals surface area contributed by atoms with Crippen LogP contribution in [0, 0.1) is 0 Å². The Hall–Kier alpha value is -2.18. The highest BCUT2D eigenvalue weighted by atomic mass is 16.2. The monoisotopic (exact) mass is 236 g/mol. The summed E-state index contributed by atoms with van der Waals surface area (Å²) in [5.74, 6) is -0.233. The standard InChI is InChI=1S/C10H12N4O3/c1-4-6(15)14-5-11-8-7(14)9(16)13(3)10(17)12(8)2/h5H,4H2,1-3H3. The topological polar surface area (TPSA) is 78.9 Å². The number of imidazole rings is 1. The molecule has 0 fully saturated rings. The van der Waals surface area contributed by atoms with Crippen LogP contribution in [-0.4, -0.2) is 24.6 Å². The fourth-order valence-electron chi connectivity index (χ4n) is 1.70. The van der Waals surface area contributed by atoms with E-state index in [1.807, 2.05) is 0 Å². The molecule has 90 valence electrons. The first-order chi connectivity index (χ1) is 7.99. The lowest BCUT2D eigenvalue weighted by molar-refractivity contribution is 0.0913. The van der Waals surface area contributed by atoms with Crippen molar-refractivity contribution in [2.24, 2.45) is 14.1 Å². The van der Waals surface area contributed by atoms with Gasteiger partial charge in [0.15, 0.2) is 11.2 Å². The van der Waals surface area contributed by atoms with Gasteiger partial charge in [-0.15, -0.1) is 0 Å². The minimum absolute atomic E-state index is 0.140. The summed E-state index contributed by atoms with van der Waals surface area (Å²) in [7, 11) is 2.88. The molecule has 0 bridgehead atoms. The Labute approximate surface area is 95.9 Å². The van der Waals surface area contributed by atoms with Crippen LogP contribution in [0.15, 0.2) is 15.9 Å². The molecule has 17 heavy (non-hydrogen) atoms. The van der Waals surface area contributed by atoms with Gasteiger partial charge in [-0.05, 0) is 0 Å². The number of rotatable bonds is 1. The third kappa shape index (κ3) is 1.42. The first kappa shape index (κ1) is 11.3. The molecule has 2 rings (SSSR count). The molecule has 7 nitrogen and oxygen atoms in total. The van der Waals surface area contributed by atoms with E-state index in [0.29, 0.717) is 0 Å². The second-order valence-corrected chi connectivity index (χ2v) is 3.74. The molecule has 0 radical (unpaired) electrons. The quantitative estimate of drug-likeness (QED) is 0.667. The van der Waals surface area contributed by atoms with Crippen LogP contribution in [0.3, 0.4) is 0 Å². The van der Waals surface area contributed by atoms with E-state index in [9.17, 15) is 14.4 Å². The van der Waals surface area contributed by atoms with Crippen molar-refractivity contribution in [2.75, 3.05) is 0 Å². The summed E-state index contributed by atoms with van der Waals surface area (Å²) < 4.78 is 3.40. The predicted octanol–water partition coefficient (Wildman–Crippen LogP) is -0.516. The maximum atomic E-state index is 11.9. The van der Waals surface area contributed by atoms with Gasteiger partial charge < -0.3 is 0 Å². The van der Waals surface area contributed by atoms with E-state index in [2.05, 4.69) is 4.98 Å². The van der Waals surface area contributed by atoms with Crippen molar-refractivity contribution in [3.05, 3.63) is 27.2 Å². The van der Waals surface area contributed by atoms with Crippen LogP contribution >= 0.6 is 0 Å². The Kier molecular flexibility index (Phi) is 2.45. The minimum Gasteiger partial charge on any atom is -0.279 e. The Morgan fingerprint density at radius 1 is 1.29 bits per heavy atom. The van der Waals surface area contributed by atoms with E-state index in [4.69, 9.17) is 0 Å². The Bertz CT molecular complexity index is 719. The molecule has 0 N–H and O–H groups in total. The van der Waals surface area contributed by atoms with Crippen molar-refractivity contribution < 1.29 is 4.79 Å². The van der Waals surface area contributed by atoms with Gasteiger partial charge in [0.25, 0.3) is 5.56 Å². The van der Waals surface area contributed by atoms with E-state index in [1.165, 1.54) is 29.6 Å². The van der Waals surface area contributed by atoms with E-state index in [1.54, 1.807) is 6.92 Å². The lowest BCUT2D eigenvalue weighted by Crippen LogP contribution is -2.37. The fourth-order valence-corrected chi connectivity index (χ4v) is 1.70. The maximum Gasteiger partial charge on any atom is 0.332 e. The smallest absolute Gasteiger partial charge is 0.279 e. The van der Waals surface area contributed by atoms with Crippen molar-refractivity contribution in [2.45, 2.75) is 13.3 Å². The summed E-state index contributed by atoms with van der Waals surface area (Å²) in [6, 6.07) is 0. The molecular formula is C10H12N4O3. The summed E-state index contributed by atoms with van der Waals surface area (Å²) in [6.07, 6.45) is 1.54. The van der Waals surface area contributed by atoms with Gasteiger partial charge >= 0.3 is 5.69 Å². The highest BCUT2D eigenvalue weighted by molar-refractivity contribution is 5.88. The average Bonchev–Trinajstić information content (AvgIpc) is 2.77. The third-order valence-electron chi connectivity index (χ3n) is 2.72. The highest BCUT2D eigenvalue weighted by Crippen LogP contribution is 2.05. The summed E-state index contributed by atoms with van der Waals surface area (Å²) >= 11 is 0. The van der Waals surface area contributed by atoms with Crippen LogP contribution in [0.25, 0.3) is 11.2 Å². The Morgan fingerprint density at radius 3 is 2.53 bits per heavy atom. The van der Waals surface area contributed by atoms with Crippen LogP contribution in [0.4, 0.5) is 0 Å². The van der Waals surface area contributed by atoms with Crippen LogP contribution in [0.1, 0.15) is 18.1 Å². The molecule has 0 saturated carbocycles. The largest absolute Gasteiger partial charge is 0.332 e. The van der Waals surface area contributed by atoms with Gasteiger partial charge in [0.1, 0.15) is 6.33 Å². The van der Waals surface area contributed by atoms with Crippen LogP contribution in [0.2, 0.25) is 0 Å². The first-order valence-corrected chi connectivity index (χ1v) is 5.15. The molecule has 2 heterocycles. The number of aryl methyl sites for hydroxylation is 1. The highest BCUT2D eigenvalue weighted by Gasteiger charge is 2.16. The number of carbonyl (C=O) groups is 1. The van der Waals surface area contributed by atoms with E-state index >= 15 is 0 Å². The SMILES string of the molecule is CCC(=O)n1cnc2c1c(=O)n(C)c(=O)n2C. The van der Waals surface area contributed by atoms with Gasteiger partial charge in [-0.3, -0.25) is 23.3 Å². The van der Waals surface area contributed by atoms with Gasteiger partial charge in [0.2, 0.25) is 5.91 Å². The molecule has 2 aromatic heterocycles. The van der Waals surface area contributed by atoms with Crippen LogP contribution < -0.4 is 11.2 Å². The van der Waals surface area contributed by atoms with Crippen molar-refractivity contribution >= 4 is 17.1 Å². The lowest BCUT2D eigenvalue weighted by Gasteiger charge is -2.04. The van der Waals surface area contributed by atoms with Gasteiger partial charge in [-0.1, -0.05) is 6.92 Å². The molecule has 0 spiro atoms. The Balaban J connectivity index is 3.01. The van der Waals surface area contributed by atoms with Gasteiger partial charge in [0.05, 0.1) is 0 Å². The van der Waals surface area contributed by atoms with Crippen molar-refractivity contribution in [1.29, 1.82) is 0 Å². The second kappa shape index (κ2) is 3.69. The molecule has 0 amide bonds. The van der Waals surface area contributed by atoms with Crippen molar-refractivity contribution in [1.82, 2.24) is 18.7 Å². The normalized spacial score (nSPS) is 11.0. The average molecular weight is 236 g/mol. The number of aromatic nitrogens is 4. The lowest BCUT2D eigenvalue weighted by atomic mass is 10.4. The first-order valence-electron chi connectivity index (χ1n) is 5.15. The maximum absolute atomic E-state index is 11.9. The minimum atomic E-state index is -0.512. The number of carbonyl (C=O) groups excluding carboxylic acids is 1.